The Balaban J connectivity index is 1.79. The first-order chi connectivity index (χ1) is 9.66. The maximum absolute atomic E-state index is 12.5. The number of hydrogen-bond acceptors (Lipinski definition) is 4. The monoisotopic (exact) mass is 293 g/mol. The first kappa shape index (κ1) is 13.7. The number of carbonyl (C=O) groups is 1. The summed E-state index contributed by atoms with van der Waals surface area (Å²) in [5, 5.41) is 0.739. The predicted octanol–water partition coefficient (Wildman–Crippen LogP) is 1.29. The van der Waals surface area contributed by atoms with Gasteiger partial charge in [0.15, 0.2) is 5.16 Å². The molecule has 0 aliphatic carbocycles. The minimum Gasteiger partial charge on any atom is -0.342 e. The fourth-order valence-electron chi connectivity index (χ4n) is 2.82. The standard InChI is InChI=1S/C14H19N3O2S/c1-10-7-15-14-17(12(10)18)8-11(9-20-14)13(19)16-5-3-2-4-6-16/h7,11H,2-6,8-9H2,1H3/t11-/m0/s1. The average Bonchev–Trinajstić information content (AvgIpc) is 2.51. The number of hydrogen-bond donors (Lipinski definition) is 0. The third kappa shape index (κ3) is 2.49. The highest BCUT2D eigenvalue weighted by molar-refractivity contribution is 7.99. The van der Waals surface area contributed by atoms with E-state index >= 15 is 0 Å². The fraction of sp³-hybridized carbons (Fsp3) is 0.643. The second-order valence-electron chi connectivity index (χ2n) is 5.53. The molecule has 5 nitrogen and oxygen atoms in total. The van der Waals surface area contributed by atoms with Crippen LogP contribution in [0.15, 0.2) is 16.1 Å². The van der Waals surface area contributed by atoms with E-state index in [1.165, 1.54) is 18.2 Å². The Bertz CT molecular complexity index is 578. The summed E-state index contributed by atoms with van der Waals surface area (Å²) < 4.78 is 1.66. The number of amides is 1. The molecule has 6 heteroatoms. The molecule has 1 aromatic rings. The summed E-state index contributed by atoms with van der Waals surface area (Å²) >= 11 is 1.52. The predicted molar refractivity (Wildman–Crippen MR) is 77.9 cm³/mol. The molecule has 1 amide bonds. The van der Waals surface area contributed by atoms with Crippen molar-refractivity contribution in [3.63, 3.8) is 0 Å². The van der Waals surface area contributed by atoms with Crippen LogP contribution in [0.5, 0.6) is 0 Å². The molecule has 3 heterocycles. The van der Waals surface area contributed by atoms with Crippen LogP contribution in [0.4, 0.5) is 0 Å². The number of nitrogens with zero attached hydrogens (tertiary/aromatic N) is 3. The van der Waals surface area contributed by atoms with Crippen LogP contribution < -0.4 is 5.56 Å². The van der Waals surface area contributed by atoms with Gasteiger partial charge in [-0.15, -0.1) is 0 Å². The zero-order chi connectivity index (χ0) is 14.1. The van der Waals surface area contributed by atoms with Gasteiger partial charge < -0.3 is 4.90 Å². The van der Waals surface area contributed by atoms with Gasteiger partial charge in [0.05, 0.1) is 5.92 Å². The molecule has 1 fully saturated rings. The summed E-state index contributed by atoms with van der Waals surface area (Å²) in [6.07, 6.45) is 5.04. The molecule has 0 spiro atoms. The van der Waals surface area contributed by atoms with Crippen molar-refractivity contribution in [2.75, 3.05) is 18.8 Å². The number of piperidine rings is 1. The van der Waals surface area contributed by atoms with Gasteiger partial charge in [0.2, 0.25) is 5.91 Å². The molecule has 0 saturated carbocycles. The van der Waals surface area contributed by atoms with Crippen LogP contribution in [-0.4, -0.2) is 39.2 Å². The van der Waals surface area contributed by atoms with Gasteiger partial charge in [-0.25, -0.2) is 4.98 Å². The Morgan fingerprint density at radius 2 is 2.10 bits per heavy atom. The Labute approximate surface area is 122 Å². The molecule has 0 unspecified atom stereocenters. The number of aromatic nitrogens is 2. The summed E-state index contributed by atoms with van der Waals surface area (Å²) in [5.41, 5.74) is 0.624. The number of likely N-dealkylation sites (tertiary alicyclic amines) is 1. The summed E-state index contributed by atoms with van der Waals surface area (Å²) in [6.45, 7) is 3.98. The van der Waals surface area contributed by atoms with E-state index in [-0.39, 0.29) is 17.4 Å². The molecule has 1 atom stereocenters. The van der Waals surface area contributed by atoms with Crippen molar-refractivity contribution >= 4 is 17.7 Å². The second kappa shape index (κ2) is 5.60. The molecule has 0 aromatic carbocycles. The van der Waals surface area contributed by atoms with Crippen LogP contribution in [0.25, 0.3) is 0 Å². The Hall–Kier alpha value is -1.30. The molecule has 2 aliphatic heterocycles. The van der Waals surface area contributed by atoms with Gasteiger partial charge in [0, 0.05) is 37.1 Å². The first-order valence-corrected chi connectivity index (χ1v) is 8.13. The van der Waals surface area contributed by atoms with Gasteiger partial charge >= 0.3 is 0 Å². The van der Waals surface area contributed by atoms with Crippen molar-refractivity contribution in [1.82, 2.24) is 14.5 Å². The lowest BCUT2D eigenvalue weighted by Crippen LogP contribution is -2.44. The van der Waals surface area contributed by atoms with E-state index in [0.717, 1.165) is 36.8 Å². The maximum Gasteiger partial charge on any atom is 0.257 e. The number of aryl methyl sites for hydroxylation is 1. The van der Waals surface area contributed by atoms with Crippen molar-refractivity contribution in [2.24, 2.45) is 5.92 Å². The zero-order valence-electron chi connectivity index (χ0n) is 11.7. The number of fused-ring (bicyclic) bond motifs is 1. The van der Waals surface area contributed by atoms with Gasteiger partial charge in [-0.1, -0.05) is 11.8 Å². The lowest BCUT2D eigenvalue weighted by atomic mass is 10.1. The van der Waals surface area contributed by atoms with E-state index in [4.69, 9.17) is 0 Å². The molecule has 1 saturated heterocycles. The lowest BCUT2D eigenvalue weighted by molar-refractivity contribution is -0.136. The van der Waals surface area contributed by atoms with Crippen LogP contribution >= 0.6 is 11.8 Å². The van der Waals surface area contributed by atoms with Crippen LogP contribution in [0, 0.1) is 12.8 Å². The second-order valence-corrected chi connectivity index (χ2v) is 6.52. The van der Waals surface area contributed by atoms with Crippen molar-refractivity contribution in [3.05, 3.63) is 22.1 Å². The van der Waals surface area contributed by atoms with E-state index in [0.29, 0.717) is 12.1 Å². The summed E-state index contributed by atoms with van der Waals surface area (Å²) in [4.78, 5) is 30.9. The third-order valence-electron chi connectivity index (χ3n) is 4.02. The van der Waals surface area contributed by atoms with Crippen LogP contribution in [0.1, 0.15) is 24.8 Å². The van der Waals surface area contributed by atoms with Crippen LogP contribution in [0.3, 0.4) is 0 Å². The highest BCUT2D eigenvalue weighted by Crippen LogP contribution is 2.26. The number of thioether (sulfide) groups is 1. The molecule has 20 heavy (non-hydrogen) atoms. The normalized spacial score (nSPS) is 22.4. The number of carbonyl (C=O) groups excluding carboxylic acids is 1. The van der Waals surface area contributed by atoms with E-state index < -0.39 is 0 Å². The fourth-order valence-corrected chi connectivity index (χ4v) is 3.86. The molecule has 108 valence electrons. The zero-order valence-corrected chi connectivity index (χ0v) is 12.5. The lowest BCUT2D eigenvalue weighted by Gasteiger charge is -2.32. The summed E-state index contributed by atoms with van der Waals surface area (Å²) in [6, 6.07) is 0. The Morgan fingerprint density at radius 1 is 1.35 bits per heavy atom. The molecular formula is C14H19N3O2S. The van der Waals surface area contributed by atoms with Crippen molar-refractivity contribution < 1.29 is 4.79 Å². The SMILES string of the molecule is Cc1cnc2n(c1=O)C[C@H](C(=O)N1CCCCC1)CS2. The van der Waals surface area contributed by atoms with Gasteiger partial charge in [-0.2, -0.15) is 0 Å². The van der Waals surface area contributed by atoms with Crippen molar-refractivity contribution in [2.45, 2.75) is 37.9 Å². The van der Waals surface area contributed by atoms with E-state index in [2.05, 4.69) is 4.98 Å². The molecule has 1 aromatic heterocycles. The largest absolute Gasteiger partial charge is 0.342 e. The molecule has 0 radical (unpaired) electrons. The van der Waals surface area contributed by atoms with Crippen molar-refractivity contribution in [3.8, 4) is 0 Å². The van der Waals surface area contributed by atoms with Gasteiger partial charge in [-0.3, -0.25) is 14.2 Å². The first-order valence-electron chi connectivity index (χ1n) is 7.15. The average molecular weight is 293 g/mol. The van der Waals surface area contributed by atoms with E-state index in [1.807, 2.05) is 4.90 Å². The smallest absolute Gasteiger partial charge is 0.257 e. The van der Waals surface area contributed by atoms with Crippen LogP contribution in [-0.2, 0) is 11.3 Å². The topological polar surface area (TPSA) is 55.2 Å². The minimum absolute atomic E-state index is 0.0151. The quantitative estimate of drug-likeness (QED) is 0.732. The Morgan fingerprint density at radius 3 is 2.85 bits per heavy atom. The molecule has 3 rings (SSSR count). The highest BCUT2D eigenvalue weighted by Gasteiger charge is 2.30. The molecule has 2 aliphatic rings. The van der Waals surface area contributed by atoms with Gasteiger partial charge in [0.25, 0.3) is 5.56 Å². The molecule has 0 N–H and O–H groups in total. The Kier molecular flexibility index (Phi) is 3.83. The summed E-state index contributed by atoms with van der Waals surface area (Å²) in [7, 11) is 0. The van der Waals surface area contributed by atoms with Crippen molar-refractivity contribution in [1.29, 1.82) is 0 Å². The minimum atomic E-state index is -0.0908. The van der Waals surface area contributed by atoms with Gasteiger partial charge in [0.1, 0.15) is 0 Å². The van der Waals surface area contributed by atoms with Gasteiger partial charge in [-0.05, 0) is 26.2 Å². The van der Waals surface area contributed by atoms with Crippen LogP contribution in [0.2, 0.25) is 0 Å². The molecule has 0 bridgehead atoms. The highest BCUT2D eigenvalue weighted by atomic mass is 32.2. The summed E-state index contributed by atoms with van der Waals surface area (Å²) in [5.74, 6) is 0.841. The third-order valence-corrected chi connectivity index (χ3v) is 5.17. The maximum atomic E-state index is 12.5. The number of rotatable bonds is 1. The van der Waals surface area contributed by atoms with E-state index in [9.17, 15) is 9.59 Å². The molecular weight excluding hydrogens is 274 g/mol. The van der Waals surface area contributed by atoms with E-state index in [1.54, 1.807) is 17.7 Å².